The Kier molecular flexibility index (Phi) is 5.26. The van der Waals surface area contributed by atoms with Gasteiger partial charge in [-0.05, 0) is 30.0 Å². The average molecular weight is 357 g/mol. The van der Waals surface area contributed by atoms with Crippen LogP contribution in [0.2, 0.25) is 0 Å². The number of nitrogens with one attached hydrogen (secondary N) is 1. The molecule has 24 heavy (non-hydrogen) atoms. The van der Waals surface area contributed by atoms with Crippen molar-refractivity contribution in [1.29, 1.82) is 0 Å². The van der Waals surface area contributed by atoms with Crippen LogP contribution in [0.15, 0.2) is 18.2 Å². The molecule has 1 aliphatic rings. The van der Waals surface area contributed by atoms with Crippen LogP contribution in [-0.4, -0.2) is 37.7 Å². The van der Waals surface area contributed by atoms with E-state index in [9.17, 15) is 31.1 Å². The summed E-state index contributed by atoms with van der Waals surface area (Å²) in [6, 6.07) is 3.74. The SMILES string of the molecule is O=C(N[C@H]1COc2ccc(CCOC(F)(F)F)cc2C1)C(F)(F)F. The van der Waals surface area contributed by atoms with Gasteiger partial charge in [0.2, 0.25) is 0 Å². The number of halogens is 6. The van der Waals surface area contributed by atoms with E-state index in [-0.39, 0.29) is 19.4 Å². The van der Waals surface area contributed by atoms with Crippen molar-refractivity contribution in [3.05, 3.63) is 29.3 Å². The van der Waals surface area contributed by atoms with Crippen LogP contribution >= 0.6 is 0 Å². The van der Waals surface area contributed by atoms with Crippen molar-refractivity contribution in [2.24, 2.45) is 0 Å². The topological polar surface area (TPSA) is 47.6 Å². The smallest absolute Gasteiger partial charge is 0.491 e. The van der Waals surface area contributed by atoms with Crippen molar-refractivity contribution in [2.45, 2.75) is 31.4 Å². The third-order valence-electron chi connectivity index (χ3n) is 3.28. The van der Waals surface area contributed by atoms with Crippen LogP contribution in [-0.2, 0) is 22.4 Å². The predicted molar refractivity (Wildman–Crippen MR) is 69.3 cm³/mol. The first-order chi connectivity index (χ1) is 11.0. The van der Waals surface area contributed by atoms with E-state index in [2.05, 4.69) is 4.74 Å². The first-order valence-corrected chi connectivity index (χ1v) is 6.87. The van der Waals surface area contributed by atoms with Gasteiger partial charge in [-0.15, -0.1) is 13.2 Å². The van der Waals surface area contributed by atoms with E-state index in [1.165, 1.54) is 12.1 Å². The van der Waals surface area contributed by atoms with Gasteiger partial charge in [0.25, 0.3) is 0 Å². The van der Waals surface area contributed by atoms with Gasteiger partial charge in [0, 0.05) is 0 Å². The zero-order valence-electron chi connectivity index (χ0n) is 12.1. The fourth-order valence-corrected chi connectivity index (χ4v) is 2.25. The highest BCUT2D eigenvalue weighted by molar-refractivity contribution is 5.82. The van der Waals surface area contributed by atoms with Gasteiger partial charge in [-0.3, -0.25) is 9.53 Å². The molecule has 0 radical (unpaired) electrons. The van der Waals surface area contributed by atoms with Crippen molar-refractivity contribution in [3.63, 3.8) is 0 Å². The molecule has 1 aromatic carbocycles. The second-order valence-corrected chi connectivity index (χ2v) is 5.17. The van der Waals surface area contributed by atoms with Gasteiger partial charge in [-0.2, -0.15) is 13.2 Å². The summed E-state index contributed by atoms with van der Waals surface area (Å²) in [5, 5.41) is 1.82. The Labute approximate surface area is 132 Å². The molecule has 134 valence electrons. The molecular weight excluding hydrogens is 344 g/mol. The summed E-state index contributed by atoms with van der Waals surface area (Å²) in [5.74, 6) is -1.64. The number of carbonyl (C=O) groups is 1. The normalized spacial score (nSPS) is 17.8. The van der Waals surface area contributed by atoms with Crippen molar-refractivity contribution >= 4 is 5.91 Å². The lowest BCUT2D eigenvalue weighted by Gasteiger charge is -2.26. The minimum absolute atomic E-state index is 0.0215. The lowest BCUT2D eigenvalue weighted by molar-refractivity contribution is -0.324. The Balaban J connectivity index is 1.97. The summed E-state index contributed by atoms with van der Waals surface area (Å²) in [7, 11) is 0. The van der Waals surface area contributed by atoms with E-state index in [1.54, 1.807) is 6.07 Å². The monoisotopic (exact) mass is 357 g/mol. The van der Waals surface area contributed by atoms with Gasteiger partial charge in [0.15, 0.2) is 0 Å². The quantitative estimate of drug-likeness (QED) is 0.843. The van der Waals surface area contributed by atoms with Crippen molar-refractivity contribution in [2.75, 3.05) is 13.2 Å². The van der Waals surface area contributed by atoms with E-state index < -0.39 is 31.1 Å². The van der Waals surface area contributed by atoms with Crippen LogP contribution in [0, 0.1) is 0 Å². The molecule has 0 saturated heterocycles. The largest absolute Gasteiger partial charge is 0.522 e. The number of hydrogen-bond donors (Lipinski definition) is 1. The maximum Gasteiger partial charge on any atom is 0.522 e. The van der Waals surface area contributed by atoms with E-state index in [1.807, 2.05) is 5.32 Å². The highest BCUT2D eigenvalue weighted by Gasteiger charge is 2.40. The zero-order valence-corrected chi connectivity index (χ0v) is 12.1. The molecule has 2 rings (SSSR count). The third kappa shape index (κ3) is 5.29. The lowest BCUT2D eigenvalue weighted by atomic mass is 9.99. The Morgan fingerprint density at radius 2 is 1.96 bits per heavy atom. The molecule has 0 spiro atoms. The van der Waals surface area contributed by atoms with Gasteiger partial charge >= 0.3 is 18.4 Å². The fourth-order valence-electron chi connectivity index (χ4n) is 2.25. The maximum atomic E-state index is 12.2. The van der Waals surface area contributed by atoms with Crippen LogP contribution < -0.4 is 10.1 Å². The molecule has 1 N–H and O–H groups in total. The summed E-state index contributed by atoms with van der Waals surface area (Å²) in [4.78, 5) is 10.9. The number of benzene rings is 1. The van der Waals surface area contributed by atoms with E-state index >= 15 is 0 Å². The molecule has 1 aromatic rings. The summed E-state index contributed by atoms with van der Waals surface area (Å²) in [6.45, 7) is -0.692. The molecule has 0 saturated carbocycles. The molecule has 1 atom stereocenters. The standard InChI is InChI=1S/C14H13F6NO3/c15-13(16,17)12(22)21-10-6-9-5-8(1-2-11(9)23-7-10)3-4-24-14(18,19)20/h1-2,5,10H,3-4,6-7H2,(H,21,22)/t10-/m1/s1. The van der Waals surface area contributed by atoms with Gasteiger partial charge in [-0.25, -0.2) is 0 Å². The Hall–Kier alpha value is -1.97. The second-order valence-electron chi connectivity index (χ2n) is 5.17. The molecule has 1 amide bonds. The van der Waals surface area contributed by atoms with Crippen LogP contribution in [0.25, 0.3) is 0 Å². The van der Waals surface area contributed by atoms with Crippen LogP contribution in [0.5, 0.6) is 5.75 Å². The fraction of sp³-hybridized carbons (Fsp3) is 0.500. The number of rotatable bonds is 4. The van der Waals surface area contributed by atoms with Crippen LogP contribution in [0.1, 0.15) is 11.1 Å². The lowest BCUT2D eigenvalue weighted by Crippen LogP contribution is -2.48. The first-order valence-electron chi connectivity index (χ1n) is 6.87. The maximum absolute atomic E-state index is 12.2. The van der Waals surface area contributed by atoms with Crippen molar-refractivity contribution in [3.8, 4) is 5.75 Å². The number of ether oxygens (including phenoxy) is 2. The molecule has 10 heteroatoms. The highest BCUT2D eigenvalue weighted by Crippen LogP contribution is 2.27. The molecule has 1 heterocycles. The van der Waals surface area contributed by atoms with E-state index in [4.69, 9.17) is 4.74 Å². The number of fused-ring (bicyclic) bond motifs is 1. The van der Waals surface area contributed by atoms with Gasteiger partial charge in [0.05, 0.1) is 12.6 Å². The molecule has 0 bridgehead atoms. The second kappa shape index (κ2) is 6.88. The Morgan fingerprint density at radius 1 is 1.25 bits per heavy atom. The minimum atomic E-state index is -4.99. The molecule has 0 fully saturated rings. The summed E-state index contributed by atoms with van der Waals surface area (Å²) in [6.07, 6.45) is -9.64. The molecule has 0 aliphatic carbocycles. The minimum Gasteiger partial charge on any atom is -0.491 e. The molecule has 0 unspecified atom stereocenters. The van der Waals surface area contributed by atoms with Crippen LogP contribution in [0.4, 0.5) is 26.3 Å². The van der Waals surface area contributed by atoms with Gasteiger partial charge < -0.3 is 10.1 Å². The molecular formula is C14H13F6NO3. The Morgan fingerprint density at radius 3 is 2.58 bits per heavy atom. The zero-order chi connectivity index (χ0) is 18.0. The number of amides is 1. The summed E-state index contributed by atoms with van der Waals surface area (Å²) >= 11 is 0. The predicted octanol–water partition coefficient (Wildman–Crippen LogP) is 2.75. The highest BCUT2D eigenvalue weighted by atomic mass is 19.4. The van der Waals surface area contributed by atoms with Gasteiger partial charge in [-0.1, -0.05) is 12.1 Å². The van der Waals surface area contributed by atoms with Gasteiger partial charge in [0.1, 0.15) is 12.4 Å². The van der Waals surface area contributed by atoms with E-state index in [0.29, 0.717) is 16.9 Å². The first kappa shape index (κ1) is 18.4. The van der Waals surface area contributed by atoms with E-state index in [0.717, 1.165) is 0 Å². The number of carbonyl (C=O) groups excluding carboxylic acids is 1. The van der Waals surface area contributed by atoms with Crippen molar-refractivity contribution < 1.29 is 40.6 Å². The number of alkyl halides is 6. The summed E-state index contributed by atoms with van der Waals surface area (Å²) < 4.78 is 81.4. The molecule has 4 nitrogen and oxygen atoms in total. The number of hydrogen-bond acceptors (Lipinski definition) is 3. The average Bonchev–Trinajstić information content (AvgIpc) is 2.44. The third-order valence-corrected chi connectivity index (χ3v) is 3.28. The molecule has 0 aromatic heterocycles. The summed E-state index contributed by atoms with van der Waals surface area (Å²) in [5.41, 5.74) is 1.03. The van der Waals surface area contributed by atoms with Crippen molar-refractivity contribution in [1.82, 2.24) is 5.32 Å². The molecule has 1 aliphatic heterocycles. The Bertz CT molecular complexity index is 599. The van der Waals surface area contributed by atoms with Crippen LogP contribution in [0.3, 0.4) is 0 Å².